The molecule has 4 heteroatoms. The fraction of sp³-hybridized carbons (Fsp3) is 0.875. The van der Waals surface area contributed by atoms with E-state index in [2.05, 4.69) is 14.1 Å². The number of nitrogens with zero attached hydrogens (tertiary/aromatic N) is 1. The molecule has 0 aliphatic heterocycles. The van der Waals surface area contributed by atoms with Gasteiger partial charge in [0.05, 0.1) is 6.61 Å². The third-order valence-electron chi connectivity index (χ3n) is 1.36. The van der Waals surface area contributed by atoms with Crippen molar-refractivity contribution in [2.75, 3.05) is 33.4 Å². The number of hydrogen-bond acceptors (Lipinski definition) is 3. The van der Waals surface area contributed by atoms with Crippen LogP contribution >= 0.6 is 9.24 Å². The van der Waals surface area contributed by atoms with Gasteiger partial charge in [-0.3, -0.25) is 4.79 Å². The zero-order valence-corrected chi connectivity index (χ0v) is 9.03. The van der Waals surface area contributed by atoms with Crippen LogP contribution in [-0.2, 0) is 9.53 Å². The van der Waals surface area contributed by atoms with Crippen LogP contribution in [0.15, 0.2) is 0 Å². The first-order valence-corrected chi connectivity index (χ1v) is 4.99. The van der Waals surface area contributed by atoms with Crippen LogP contribution in [0.3, 0.4) is 0 Å². The summed E-state index contributed by atoms with van der Waals surface area (Å²) in [5, 5.41) is 0. The van der Waals surface area contributed by atoms with Gasteiger partial charge in [-0.1, -0.05) is 0 Å². The molecule has 0 saturated carbocycles. The number of esters is 1. The summed E-state index contributed by atoms with van der Waals surface area (Å²) in [6.07, 6.45) is 2.20. The summed E-state index contributed by atoms with van der Waals surface area (Å²) < 4.78 is 4.95. The molecular formula is C8H18NO2P. The summed E-state index contributed by atoms with van der Waals surface area (Å²) in [6.45, 7) is 1.51. The molecule has 72 valence electrons. The minimum atomic E-state index is -0.0937. The molecule has 3 nitrogen and oxygen atoms in total. The molecule has 0 amide bonds. The third kappa shape index (κ3) is 7.96. The number of rotatable bonds is 6. The Bertz CT molecular complexity index is 128. The predicted molar refractivity (Wildman–Crippen MR) is 53.3 cm³/mol. The van der Waals surface area contributed by atoms with E-state index < -0.39 is 0 Å². The number of carbonyl (C=O) groups is 1. The van der Waals surface area contributed by atoms with Gasteiger partial charge in [0.15, 0.2) is 0 Å². The van der Waals surface area contributed by atoms with Crippen LogP contribution in [0.4, 0.5) is 0 Å². The highest BCUT2D eigenvalue weighted by Gasteiger charge is 1.99. The van der Waals surface area contributed by atoms with Crippen LogP contribution in [0.25, 0.3) is 0 Å². The molecule has 0 rings (SSSR count). The Kier molecular flexibility index (Phi) is 7.42. The SMILES string of the molecule is CN(C)CCCOC(=O)CCP. The van der Waals surface area contributed by atoms with Gasteiger partial charge in [0.1, 0.15) is 0 Å². The van der Waals surface area contributed by atoms with Crippen LogP contribution in [0.5, 0.6) is 0 Å². The minimum absolute atomic E-state index is 0.0937. The van der Waals surface area contributed by atoms with Crippen LogP contribution in [0, 0.1) is 0 Å². The summed E-state index contributed by atoms with van der Waals surface area (Å²) in [4.78, 5) is 12.9. The van der Waals surface area contributed by atoms with Gasteiger partial charge in [-0.15, -0.1) is 9.24 Å². The van der Waals surface area contributed by atoms with E-state index in [1.807, 2.05) is 14.1 Å². The Morgan fingerprint density at radius 2 is 2.17 bits per heavy atom. The van der Waals surface area contributed by atoms with Crippen molar-refractivity contribution in [3.05, 3.63) is 0 Å². The third-order valence-corrected chi connectivity index (χ3v) is 1.65. The number of hydrogen-bond donors (Lipinski definition) is 0. The molecule has 0 aromatic heterocycles. The Morgan fingerprint density at radius 3 is 2.67 bits per heavy atom. The lowest BCUT2D eigenvalue weighted by Crippen LogP contribution is -2.16. The molecule has 0 aliphatic carbocycles. The van der Waals surface area contributed by atoms with Crippen molar-refractivity contribution in [1.82, 2.24) is 4.90 Å². The summed E-state index contributed by atoms with van der Waals surface area (Å²) in [6, 6.07) is 0. The van der Waals surface area contributed by atoms with Crippen molar-refractivity contribution in [2.24, 2.45) is 0 Å². The van der Waals surface area contributed by atoms with Crippen molar-refractivity contribution in [2.45, 2.75) is 12.8 Å². The normalized spacial score (nSPS) is 10.3. The molecule has 0 bridgehead atoms. The molecule has 0 aromatic rings. The van der Waals surface area contributed by atoms with Crippen molar-refractivity contribution < 1.29 is 9.53 Å². The maximum absolute atomic E-state index is 10.8. The first-order valence-electron chi connectivity index (χ1n) is 4.17. The first-order chi connectivity index (χ1) is 5.66. The smallest absolute Gasteiger partial charge is 0.306 e. The lowest BCUT2D eigenvalue weighted by molar-refractivity contribution is -0.143. The van der Waals surface area contributed by atoms with Gasteiger partial charge in [-0.2, -0.15) is 0 Å². The van der Waals surface area contributed by atoms with Crippen molar-refractivity contribution in [1.29, 1.82) is 0 Å². The molecule has 0 heterocycles. The van der Waals surface area contributed by atoms with Gasteiger partial charge in [0, 0.05) is 13.0 Å². The zero-order valence-electron chi connectivity index (χ0n) is 7.88. The molecule has 12 heavy (non-hydrogen) atoms. The fourth-order valence-electron chi connectivity index (χ4n) is 0.757. The number of ether oxygens (including phenoxy) is 1. The van der Waals surface area contributed by atoms with Crippen LogP contribution in [0.2, 0.25) is 0 Å². The monoisotopic (exact) mass is 191 g/mol. The first kappa shape index (κ1) is 11.9. The largest absolute Gasteiger partial charge is 0.466 e. The fourth-order valence-corrected chi connectivity index (χ4v) is 0.993. The molecule has 0 fully saturated rings. The van der Waals surface area contributed by atoms with Crippen LogP contribution in [0.1, 0.15) is 12.8 Å². The Labute approximate surface area is 76.7 Å². The van der Waals surface area contributed by atoms with Crippen LogP contribution < -0.4 is 0 Å². The molecule has 0 aromatic carbocycles. The average molecular weight is 191 g/mol. The van der Waals surface area contributed by atoms with E-state index in [9.17, 15) is 4.79 Å². The van der Waals surface area contributed by atoms with Crippen LogP contribution in [-0.4, -0.2) is 44.3 Å². The minimum Gasteiger partial charge on any atom is -0.466 e. The zero-order chi connectivity index (χ0) is 9.40. The Balaban J connectivity index is 3.14. The van der Waals surface area contributed by atoms with E-state index in [1.54, 1.807) is 0 Å². The van der Waals surface area contributed by atoms with Gasteiger partial charge >= 0.3 is 5.97 Å². The second-order valence-electron chi connectivity index (χ2n) is 2.92. The molecule has 1 atom stereocenters. The van der Waals surface area contributed by atoms with Crippen molar-refractivity contribution >= 4 is 15.2 Å². The average Bonchev–Trinajstić information content (AvgIpc) is 1.98. The summed E-state index contributed by atoms with van der Waals surface area (Å²) >= 11 is 0. The van der Waals surface area contributed by atoms with E-state index in [0.29, 0.717) is 13.0 Å². The standard InChI is InChI=1S/C8H18NO2P/c1-9(2)5-3-6-11-8(10)4-7-12/h3-7,12H2,1-2H3. The lowest BCUT2D eigenvalue weighted by Gasteiger charge is -2.08. The molecule has 0 radical (unpaired) electrons. The highest BCUT2D eigenvalue weighted by atomic mass is 31.0. The lowest BCUT2D eigenvalue weighted by atomic mass is 10.4. The predicted octanol–water partition coefficient (Wildman–Crippen LogP) is 0.746. The molecular weight excluding hydrogens is 173 g/mol. The van der Waals surface area contributed by atoms with E-state index in [1.165, 1.54) is 0 Å². The van der Waals surface area contributed by atoms with Gasteiger partial charge in [0.25, 0.3) is 0 Å². The van der Waals surface area contributed by atoms with Gasteiger partial charge in [0.2, 0.25) is 0 Å². The molecule has 0 N–H and O–H groups in total. The Hall–Kier alpha value is -0.140. The molecule has 1 unspecified atom stereocenters. The summed E-state index contributed by atoms with van der Waals surface area (Å²) in [5.74, 6) is -0.0937. The topological polar surface area (TPSA) is 29.5 Å². The quantitative estimate of drug-likeness (QED) is 0.352. The second kappa shape index (κ2) is 7.51. The van der Waals surface area contributed by atoms with Crippen molar-refractivity contribution in [3.63, 3.8) is 0 Å². The Morgan fingerprint density at radius 1 is 1.50 bits per heavy atom. The van der Waals surface area contributed by atoms with Gasteiger partial charge in [-0.25, -0.2) is 0 Å². The van der Waals surface area contributed by atoms with E-state index >= 15 is 0 Å². The van der Waals surface area contributed by atoms with E-state index in [-0.39, 0.29) is 5.97 Å². The second-order valence-corrected chi connectivity index (χ2v) is 3.49. The maximum atomic E-state index is 10.8. The highest BCUT2D eigenvalue weighted by molar-refractivity contribution is 7.16. The highest BCUT2D eigenvalue weighted by Crippen LogP contribution is 1.93. The van der Waals surface area contributed by atoms with E-state index in [4.69, 9.17) is 4.74 Å². The van der Waals surface area contributed by atoms with E-state index in [0.717, 1.165) is 19.1 Å². The number of carbonyl (C=O) groups excluding carboxylic acids is 1. The van der Waals surface area contributed by atoms with Crippen molar-refractivity contribution in [3.8, 4) is 0 Å². The van der Waals surface area contributed by atoms with Gasteiger partial charge in [-0.05, 0) is 26.7 Å². The summed E-state index contributed by atoms with van der Waals surface area (Å²) in [7, 11) is 6.52. The molecule has 0 spiro atoms. The molecule has 0 saturated heterocycles. The molecule has 0 aliphatic rings. The maximum Gasteiger partial charge on any atom is 0.306 e. The summed E-state index contributed by atoms with van der Waals surface area (Å²) in [5.41, 5.74) is 0. The van der Waals surface area contributed by atoms with Gasteiger partial charge < -0.3 is 9.64 Å².